The zero-order chi connectivity index (χ0) is 11.7. The third-order valence-electron chi connectivity index (χ3n) is 2.24. The van der Waals surface area contributed by atoms with Gasteiger partial charge in [-0.2, -0.15) is 5.10 Å². The number of nitrogens with zero attached hydrogens (tertiary/aromatic N) is 3. The number of hydrogen-bond acceptors (Lipinski definition) is 4. The van der Waals surface area contributed by atoms with Crippen LogP contribution in [-0.2, 0) is 13.5 Å². The summed E-state index contributed by atoms with van der Waals surface area (Å²) in [5.74, 6) is 0.896. The number of nitrogens with two attached hydrogens (primary N) is 1. The summed E-state index contributed by atoms with van der Waals surface area (Å²) >= 11 is 8.55. The summed E-state index contributed by atoms with van der Waals surface area (Å²) in [5.41, 5.74) is 6.12. The van der Waals surface area contributed by atoms with Crippen molar-refractivity contribution in [3.8, 4) is 0 Å². The smallest absolute Gasteiger partial charge is 0.138 e. The topological polar surface area (TPSA) is 56.7 Å². The van der Waals surface area contributed by atoms with Crippen LogP contribution in [0.2, 0.25) is 0 Å². The maximum atomic E-state index is 6.12. The maximum Gasteiger partial charge on any atom is 0.138 e. The fraction of sp³-hybridized carbons (Fsp3) is 0.333. The fourth-order valence-electron chi connectivity index (χ4n) is 1.35. The minimum absolute atomic E-state index is 0.0458. The molecule has 0 aliphatic heterocycles. The average molecular weight is 366 g/mol. The third kappa shape index (κ3) is 2.53. The van der Waals surface area contributed by atoms with Crippen LogP contribution in [0.15, 0.2) is 20.7 Å². The summed E-state index contributed by atoms with van der Waals surface area (Å²) in [6, 6.07) is 1.99. The van der Waals surface area contributed by atoms with E-state index in [1.54, 1.807) is 22.3 Å². The molecule has 0 aliphatic rings. The second-order valence-electron chi connectivity index (χ2n) is 3.38. The Kier molecular flexibility index (Phi) is 3.78. The zero-order valence-electron chi connectivity index (χ0n) is 8.52. The molecule has 0 bridgehead atoms. The standard InChI is InChI=1S/C9H10Br2N4S/c1-15-8(13-4-14-15)3-6(12)7-2-5(10)9(11)16-7/h2,4,6H,3,12H2,1H3. The van der Waals surface area contributed by atoms with Crippen molar-refractivity contribution in [2.45, 2.75) is 12.5 Å². The second-order valence-corrected chi connectivity index (χ2v) is 6.64. The molecule has 2 aromatic rings. The van der Waals surface area contributed by atoms with Gasteiger partial charge in [0.25, 0.3) is 0 Å². The predicted octanol–water partition coefficient (Wildman–Crippen LogP) is 2.64. The van der Waals surface area contributed by atoms with Crippen molar-refractivity contribution in [2.75, 3.05) is 0 Å². The highest BCUT2D eigenvalue weighted by molar-refractivity contribution is 9.13. The molecule has 0 aliphatic carbocycles. The quantitative estimate of drug-likeness (QED) is 0.909. The van der Waals surface area contributed by atoms with E-state index in [1.165, 1.54) is 0 Å². The number of aromatic nitrogens is 3. The van der Waals surface area contributed by atoms with Crippen molar-refractivity contribution < 1.29 is 0 Å². The Morgan fingerprint density at radius 2 is 2.31 bits per heavy atom. The zero-order valence-corrected chi connectivity index (χ0v) is 12.5. The van der Waals surface area contributed by atoms with Gasteiger partial charge in [-0.1, -0.05) is 0 Å². The lowest BCUT2D eigenvalue weighted by Gasteiger charge is -2.08. The maximum absolute atomic E-state index is 6.12. The summed E-state index contributed by atoms with van der Waals surface area (Å²) in [7, 11) is 1.87. The van der Waals surface area contributed by atoms with Crippen molar-refractivity contribution in [1.29, 1.82) is 0 Å². The Morgan fingerprint density at radius 1 is 1.56 bits per heavy atom. The molecule has 0 radical (unpaired) electrons. The van der Waals surface area contributed by atoms with Gasteiger partial charge in [0.15, 0.2) is 0 Å². The van der Waals surface area contributed by atoms with Gasteiger partial charge in [0, 0.05) is 28.9 Å². The lowest BCUT2D eigenvalue weighted by Crippen LogP contribution is -2.14. The number of thiophene rings is 1. The lowest BCUT2D eigenvalue weighted by atomic mass is 10.2. The Hall–Kier alpha value is -0.240. The highest BCUT2D eigenvalue weighted by atomic mass is 79.9. The van der Waals surface area contributed by atoms with E-state index < -0.39 is 0 Å². The molecule has 4 nitrogen and oxygen atoms in total. The molecule has 2 heterocycles. The molecule has 16 heavy (non-hydrogen) atoms. The van der Waals surface area contributed by atoms with Crippen LogP contribution in [0, 0.1) is 0 Å². The molecule has 2 rings (SSSR count). The van der Waals surface area contributed by atoms with Crippen LogP contribution in [0.4, 0.5) is 0 Å². The number of rotatable bonds is 3. The number of hydrogen-bond donors (Lipinski definition) is 1. The van der Waals surface area contributed by atoms with Gasteiger partial charge in [0.05, 0.1) is 3.79 Å². The van der Waals surface area contributed by atoms with E-state index >= 15 is 0 Å². The molecule has 1 atom stereocenters. The molecule has 7 heteroatoms. The Labute approximate surface area is 114 Å². The molecule has 86 valence electrons. The minimum Gasteiger partial charge on any atom is -0.323 e. The Balaban J connectivity index is 2.14. The second kappa shape index (κ2) is 4.95. The van der Waals surface area contributed by atoms with Gasteiger partial charge in [-0.3, -0.25) is 4.68 Å². The molecular formula is C9H10Br2N4S. The van der Waals surface area contributed by atoms with E-state index in [0.29, 0.717) is 6.42 Å². The van der Waals surface area contributed by atoms with Crippen molar-refractivity contribution in [2.24, 2.45) is 12.8 Å². The molecule has 0 aromatic carbocycles. The van der Waals surface area contributed by atoms with Gasteiger partial charge in [-0.25, -0.2) is 4.98 Å². The normalized spacial score (nSPS) is 13.0. The number of halogens is 2. The Bertz CT molecular complexity index is 474. The molecule has 0 saturated heterocycles. The van der Waals surface area contributed by atoms with Crippen LogP contribution in [0.25, 0.3) is 0 Å². The summed E-state index contributed by atoms with van der Waals surface area (Å²) < 4.78 is 3.86. The molecular weight excluding hydrogens is 356 g/mol. The molecule has 0 spiro atoms. The van der Waals surface area contributed by atoms with Crippen LogP contribution in [0.3, 0.4) is 0 Å². The molecule has 1 unspecified atom stereocenters. The summed E-state index contributed by atoms with van der Waals surface area (Å²) in [6.45, 7) is 0. The van der Waals surface area contributed by atoms with E-state index in [4.69, 9.17) is 5.73 Å². The minimum atomic E-state index is -0.0458. The van der Waals surface area contributed by atoms with E-state index in [1.807, 2.05) is 13.1 Å². The highest BCUT2D eigenvalue weighted by Gasteiger charge is 2.14. The first-order valence-electron chi connectivity index (χ1n) is 4.61. The van der Waals surface area contributed by atoms with Crippen molar-refractivity contribution in [1.82, 2.24) is 14.8 Å². The highest BCUT2D eigenvalue weighted by Crippen LogP contribution is 2.35. The summed E-state index contributed by atoms with van der Waals surface area (Å²) in [4.78, 5) is 5.29. The largest absolute Gasteiger partial charge is 0.323 e. The molecule has 0 saturated carbocycles. The summed E-state index contributed by atoms with van der Waals surface area (Å²) in [5, 5.41) is 4.02. The SMILES string of the molecule is Cn1ncnc1CC(N)c1cc(Br)c(Br)s1. The third-order valence-corrected chi connectivity index (χ3v) is 5.63. The van der Waals surface area contributed by atoms with E-state index in [2.05, 4.69) is 41.9 Å². The van der Waals surface area contributed by atoms with Crippen molar-refractivity contribution >= 4 is 43.2 Å². The van der Waals surface area contributed by atoms with Crippen LogP contribution < -0.4 is 5.73 Å². The van der Waals surface area contributed by atoms with Crippen LogP contribution >= 0.6 is 43.2 Å². The van der Waals surface area contributed by atoms with Gasteiger partial charge >= 0.3 is 0 Å². The first-order chi connectivity index (χ1) is 7.58. The van der Waals surface area contributed by atoms with Crippen LogP contribution in [0.1, 0.15) is 16.7 Å². The first-order valence-corrected chi connectivity index (χ1v) is 7.01. The number of aryl methyl sites for hydroxylation is 1. The predicted molar refractivity (Wildman–Crippen MR) is 71.4 cm³/mol. The van der Waals surface area contributed by atoms with Crippen LogP contribution in [0.5, 0.6) is 0 Å². The van der Waals surface area contributed by atoms with Gasteiger partial charge in [0.2, 0.25) is 0 Å². The van der Waals surface area contributed by atoms with E-state index in [-0.39, 0.29) is 6.04 Å². The molecule has 0 fully saturated rings. The van der Waals surface area contributed by atoms with Gasteiger partial charge in [-0.15, -0.1) is 11.3 Å². The summed E-state index contributed by atoms with van der Waals surface area (Å²) in [6.07, 6.45) is 2.23. The first kappa shape index (κ1) is 12.2. The van der Waals surface area contributed by atoms with Crippen LogP contribution in [-0.4, -0.2) is 14.8 Å². The molecule has 2 aromatic heterocycles. The van der Waals surface area contributed by atoms with Crippen molar-refractivity contribution in [3.05, 3.63) is 31.4 Å². The molecule has 0 amide bonds. The van der Waals surface area contributed by atoms with Crippen molar-refractivity contribution in [3.63, 3.8) is 0 Å². The van der Waals surface area contributed by atoms with Gasteiger partial charge in [-0.05, 0) is 37.9 Å². The lowest BCUT2D eigenvalue weighted by molar-refractivity contribution is 0.635. The Morgan fingerprint density at radius 3 is 2.81 bits per heavy atom. The van der Waals surface area contributed by atoms with Gasteiger partial charge in [0.1, 0.15) is 12.2 Å². The fourth-order valence-corrected chi connectivity index (χ4v) is 3.44. The average Bonchev–Trinajstić information content (AvgIpc) is 2.76. The van der Waals surface area contributed by atoms with Gasteiger partial charge < -0.3 is 5.73 Å². The molecule has 2 N–H and O–H groups in total. The van der Waals surface area contributed by atoms with E-state index in [9.17, 15) is 0 Å². The van der Waals surface area contributed by atoms with E-state index in [0.717, 1.165) is 19.0 Å². The monoisotopic (exact) mass is 364 g/mol.